The summed E-state index contributed by atoms with van der Waals surface area (Å²) >= 11 is 0. The molecule has 0 amide bonds. The summed E-state index contributed by atoms with van der Waals surface area (Å²) in [5.74, 6) is 0.816. The van der Waals surface area contributed by atoms with Gasteiger partial charge in [-0.2, -0.15) is 0 Å². The van der Waals surface area contributed by atoms with E-state index in [4.69, 9.17) is 4.74 Å². The van der Waals surface area contributed by atoms with E-state index in [1.54, 1.807) is 6.20 Å². The number of H-pyrrole nitrogens is 1. The van der Waals surface area contributed by atoms with Crippen molar-refractivity contribution in [3.8, 4) is 5.75 Å². The van der Waals surface area contributed by atoms with Gasteiger partial charge in [-0.1, -0.05) is 18.2 Å². The number of para-hydroxylation sites is 1. The van der Waals surface area contributed by atoms with Gasteiger partial charge in [-0.05, 0) is 50.8 Å². The third kappa shape index (κ3) is 3.66. The summed E-state index contributed by atoms with van der Waals surface area (Å²) in [6.07, 6.45) is 2.75. The van der Waals surface area contributed by atoms with Crippen LogP contribution in [0.25, 0.3) is 10.9 Å². The SMILES string of the molecule is CN(C)CCCOc1ccc(C(=O)c2c[nH]c3ccccc23)cc1. The predicted molar refractivity (Wildman–Crippen MR) is 96.8 cm³/mol. The Hall–Kier alpha value is -2.59. The number of nitrogens with zero attached hydrogens (tertiary/aromatic N) is 1. The Balaban J connectivity index is 1.68. The number of carbonyl (C=O) groups is 1. The molecule has 0 spiro atoms. The summed E-state index contributed by atoms with van der Waals surface area (Å²) in [5, 5.41) is 0.950. The zero-order chi connectivity index (χ0) is 16.9. The van der Waals surface area contributed by atoms with Gasteiger partial charge in [0.1, 0.15) is 5.75 Å². The Morgan fingerprint density at radius 1 is 1.08 bits per heavy atom. The first-order chi connectivity index (χ1) is 11.6. The van der Waals surface area contributed by atoms with Crippen molar-refractivity contribution < 1.29 is 9.53 Å². The molecule has 0 bridgehead atoms. The normalized spacial score (nSPS) is 11.1. The fourth-order valence-electron chi connectivity index (χ4n) is 2.69. The number of aromatic amines is 1. The quantitative estimate of drug-likeness (QED) is 0.532. The topological polar surface area (TPSA) is 45.3 Å². The van der Waals surface area contributed by atoms with Gasteiger partial charge in [0.2, 0.25) is 0 Å². The van der Waals surface area contributed by atoms with Crippen LogP contribution >= 0.6 is 0 Å². The van der Waals surface area contributed by atoms with Crippen molar-refractivity contribution in [3.63, 3.8) is 0 Å². The zero-order valence-electron chi connectivity index (χ0n) is 14.1. The van der Waals surface area contributed by atoms with Gasteiger partial charge in [0.05, 0.1) is 6.61 Å². The summed E-state index contributed by atoms with van der Waals surface area (Å²) < 4.78 is 5.71. The highest BCUT2D eigenvalue weighted by atomic mass is 16.5. The van der Waals surface area contributed by atoms with Crippen molar-refractivity contribution in [2.45, 2.75) is 6.42 Å². The fourth-order valence-corrected chi connectivity index (χ4v) is 2.69. The maximum atomic E-state index is 12.7. The highest BCUT2D eigenvalue weighted by molar-refractivity contribution is 6.16. The molecular formula is C20H22N2O2. The largest absolute Gasteiger partial charge is 0.494 e. The molecule has 0 fully saturated rings. The molecule has 0 saturated carbocycles. The summed E-state index contributed by atoms with van der Waals surface area (Å²) in [5.41, 5.74) is 2.34. The number of hydrogen-bond donors (Lipinski definition) is 1. The van der Waals surface area contributed by atoms with E-state index in [0.29, 0.717) is 17.7 Å². The minimum absolute atomic E-state index is 0.0200. The second kappa shape index (κ2) is 7.32. The second-order valence-corrected chi connectivity index (χ2v) is 6.11. The summed E-state index contributed by atoms with van der Waals surface area (Å²) in [6, 6.07) is 15.2. The van der Waals surface area contributed by atoms with Crippen molar-refractivity contribution in [3.05, 3.63) is 65.9 Å². The van der Waals surface area contributed by atoms with E-state index in [1.807, 2.05) is 62.6 Å². The van der Waals surface area contributed by atoms with E-state index in [-0.39, 0.29) is 5.78 Å². The average molecular weight is 322 g/mol. The molecule has 0 aliphatic rings. The number of hydrogen-bond acceptors (Lipinski definition) is 3. The molecule has 0 atom stereocenters. The predicted octanol–water partition coefficient (Wildman–Crippen LogP) is 3.73. The maximum absolute atomic E-state index is 12.7. The monoisotopic (exact) mass is 322 g/mol. The van der Waals surface area contributed by atoms with E-state index < -0.39 is 0 Å². The molecule has 4 nitrogen and oxygen atoms in total. The molecule has 0 aliphatic heterocycles. The molecule has 1 heterocycles. The van der Waals surface area contributed by atoms with Crippen LogP contribution in [-0.4, -0.2) is 42.9 Å². The lowest BCUT2D eigenvalue weighted by Crippen LogP contribution is -2.15. The van der Waals surface area contributed by atoms with Gasteiger partial charge in [-0.25, -0.2) is 0 Å². The van der Waals surface area contributed by atoms with Crippen molar-refractivity contribution in [2.24, 2.45) is 0 Å². The molecule has 0 unspecified atom stereocenters. The zero-order valence-corrected chi connectivity index (χ0v) is 14.1. The van der Waals surface area contributed by atoms with Gasteiger partial charge in [0, 0.05) is 34.8 Å². The van der Waals surface area contributed by atoms with Crippen LogP contribution in [0.4, 0.5) is 0 Å². The van der Waals surface area contributed by atoms with Gasteiger partial charge >= 0.3 is 0 Å². The number of fused-ring (bicyclic) bond motifs is 1. The van der Waals surface area contributed by atoms with E-state index in [0.717, 1.165) is 29.6 Å². The molecule has 1 N–H and O–H groups in total. The molecule has 0 radical (unpaired) electrons. The molecule has 1 aromatic heterocycles. The molecule has 24 heavy (non-hydrogen) atoms. The average Bonchev–Trinajstić information content (AvgIpc) is 3.02. The minimum atomic E-state index is 0.0200. The molecule has 0 aliphatic carbocycles. The number of nitrogens with one attached hydrogen (secondary N) is 1. The number of rotatable bonds is 7. The van der Waals surface area contributed by atoms with Gasteiger partial charge in [-0.15, -0.1) is 0 Å². The van der Waals surface area contributed by atoms with Gasteiger partial charge in [-0.3, -0.25) is 4.79 Å². The van der Waals surface area contributed by atoms with Crippen LogP contribution in [-0.2, 0) is 0 Å². The summed E-state index contributed by atoms with van der Waals surface area (Å²) in [6.45, 7) is 1.67. The van der Waals surface area contributed by atoms with Crippen LogP contribution in [0.2, 0.25) is 0 Å². The molecule has 2 aromatic carbocycles. The molecule has 4 heteroatoms. The standard InChI is InChI=1S/C20H22N2O2/c1-22(2)12-5-13-24-16-10-8-15(9-11-16)20(23)18-14-21-19-7-4-3-6-17(18)19/h3-4,6-11,14,21H,5,12-13H2,1-2H3. The van der Waals surface area contributed by atoms with E-state index in [9.17, 15) is 4.79 Å². The summed E-state index contributed by atoms with van der Waals surface area (Å²) in [4.78, 5) is 18.0. The lowest BCUT2D eigenvalue weighted by atomic mass is 10.0. The minimum Gasteiger partial charge on any atom is -0.494 e. The number of ketones is 1. The lowest BCUT2D eigenvalue weighted by molar-refractivity contribution is 0.104. The van der Waals surface area contributed by atoms with Crippen molar-refractivity contribution >= 4 is 16.7 Å². The van der Waals surface area contributed by atoms with Crippen LogP contribution in [0.1, 0.15) is 22.3 Å². The van der Waals surface area contributed by atoms with Crippen molar-refractivity contribution in [1.82, 2.24) is 9.88 Å². The lowest BCUT2D eigenvalue weighted by Gasteiger charge is -2.10. The second-order valence-electron chi connectivity index (χ2n) is 6.11. The summed E-state index contributed by atoms with van der Waals surface area (Å²) in [7, 11) is 4.09. The third-order valence-corrected chi connectivity index (χ3v) is 3.97. The highest BCUT2D eigenvalue weighted by Gasteiger charge is 2.13. The van der Waals surface area contributed by atoms with Gasteiger partial charge < -0.3 is 14.6 Å². The first-order valence-electron chi connectivity index (χ1n) is 8.13. The smallest absolute Gasteiger partial charge is 0.195 e. The van der Waals surface area contributed by atoms with Gasteiger partial charge in [0.25, 0.3) is 0 Å². The number of benzene rings is 2. The molecule has 3 aromatic rings. The molecule has 3 rings (SSSR count). The Bertz CT molecular complexity index is 819. The fraction of sp³-hybridized carbons (Fsp3) is 0.250. The van der Waals surface area contributed by atoms with Gasteiger partial charge in [0.15, 0.2) is 5.78 Å². The van der Waals surface area contributed by atoms with Crippen LogP contribution < -0.4 is 4.74 Å². The van der Waals surface area contributed by atoms with Crippen molar-refractivity contribution in [1.29, 1.82) is 0 Å². The molecule has 0 saturated heterocycles. The number of ether oxygens (including phenoxy) is 1. The number of aromatic nitrogens is 1. The van der Waals surface area contributed by atoms with Crippen LogP contribution in [0.3, 0.4) is 0 Å². The number of carbonyl (C=O) groups excluding carboxylic acids is 1. The maximum Gasteiger partial charge on any atom is 0.195 e. The van der Waals surface area contributed by atoms with E-state index >= 15 is 0 Å². The van der Waals surface area contributed by atoms with E-state index in [2.05, 4.69) is 9.88 Å². The Kier molecular flexibility index (Phi) is 4.96. The van der Waals surface area contributed by atoms with Crippen LogP contribution in [0, 0.1) is 0 Å². The first-order valence-corrected chi connectivity index (χ1v) is 8.13. The molecular weight excluding hydrogens is 300 g/mol. The Morgan fingerprint density at radius 3 is 2.58 bits per heavy atom. The Morgan fingerprint density at radius 2 is 1.83 bits per heavy atom. The molecule has 124 valence electrons. The van der Waals surface area contributed by atoms with Crippen molar-refractivity contribution in [2.75, 3.05) is 27.2 Å². The van der Waals surface area contributed by atoms with E-state index in [1.165, 1.54) is 0 Å². The third-order valence-electron chi connectivity index (χ3n) is 3.97. The van der Waals surface area contributed by atoms with Crippen LogP contribution in [0.15, 0.2) is 54.7 Å². The highest BCUT2D eigenvalue weighted by Crippen LogP contribution is 2.22. The van der Waals surface area contributed by atoms with Crippen LogP contribution in [0.5, 0.6) is 5.75 Å². The Labute approximate surface area is 142 Å². The first kappa shape index (κ1) is 16.3.